The second kappa shape index (κ2) is 9.27. The summed E-state index contributed by atoms with van der Waals surface area (Å²) in [5.41, 5.74) is 6.35. The van der Waals surface area contributed by atoms with Gasteiger partial charge in [0, 0.05) is 82.5 Å². The first-order valence-corrected chi connectivity index (χ1v) is 18.0. The molecule has 0 bridgehead atoms. The number of rotatable bonds is 2. The predicted molar refractivity (Wildman–Crippen MR) is 205 cm³/mol. The molecule has 4 heteroatoms. The summed E-state index contributed by atoms with van der Waals surface area (Å²) in [7, 11) is 0. The van der Waals surface area contributed by atoms with Crippen molar-refractivity contribution in [1.82, 2.24) is 4.57 Å². The molecular weight excluding hydrogens is 615 g/mol. The third-order valence-corrected chi connectivity index (χ3v) is 13.1. The molecule has 0 fully saturated rings. The van der Waals surface area contributed by atoms with Crippen LogP contribution in [-0.4, -0.2) is 4.57 Å². The number of para-hydroxylation sites is 1. The molecule has 0 radical (unpaired) electrons. The molecule has 4 heterocycles. The van der Waals surface area contributed by atoms with Crippen LogP contribution in [0.2, 0.25) is 0 Å². The van der Waals surface area contributed by atoms with Crippen molar-refractivity contribution in [3.63, 3.8) is 0 Å². The normalized spacial score (nSPS) is 12.3. The molecule has 0 aliphatic rings. The largest absolute Gasteiger partial charge is 0.309 e. The highest BCUT2D eigenvalue weighted by atomic mass is 32.1. The summed E-state index contributed by atoms with van der Waals surface area (Å²) in [5.74, 6) is 0. The van der Waals surface area contributed by atoms with Gasteiger partial charge in [-0.2, -0.15) is 0 Å². The zero-order chi connectivity index (χ0) is 29.9. The van der Waals surface area contributed by atoms with Crippen LogP contribution in [0.15, 0.2) is 140 Å². The molecule has 11 rings (SSSR count). The molecule has 4 aromatic heterocycles. The highest BCUT2D eigenvalue weighted by Gasteiger charge is 2.18. The van der Waals surface area contributed by atoms with Gasteiger partial charge in [0.25, 0.3) is 0 Å². The Morgan fingerprint density at radius 3 is 1.91 bits per heavy atom. The number of benzene rings is 7. The third kappa shape index (κ3) is 3.38. The van der Waals surface area contributed by atoms with E-state index in [0.29, 0.717) is 0 Å². The Labute approximate surface area is 275 Å². The number of aromatic nitrogens is 1. The third-order valence-electron chi connectivity index (χ3n) is 9.60. The number of hydrogen-bond acceptors (Lipinski definition) is 3. The summed E-state index contributed by atoms with van der Waals surface area (Å²) in [6.07, 6.45) is 0. The summed E-state index contributed by atoms with van der Waals surface area (Å²) < 4.78 is 10.5. The maximum Gasteiger partial charge on any atom is 0.0555 e. The zero-order valence-electron chi connectivity index (χ0n) is 24.5. The monoisotopic (exact) mass is 637 g/mol. The Kier molecular flexibility index (Phi) is 5.08. The van der Waals surface area contributed by atoms with E-state index in [9.17, 15) is 0 Å². The summed E-state index contributed by atoms with van der Waals surface area (Å²) in [4.78, 5) is 0. The van der Waals surface area contributed by atoms with Crippen LogP contribution in [0.3, 0.4) is 0 Å². The van der Waals surface area contributed by atoms with Crippen LogP contribution in [0.4, 0.5) is 0 Å². The molecule has 46 heavy (non-hydrogen) atoms. The van der Waals surface area contributed by atoms with Gasteiger partial charge in [0.15, 0.2) is 0 Å². The fourth-order valence-corrected chi connectivity index (χ4v) is 11.1. The van der Waals surface area contributed by atoms with Crippen LogP contribution < -0.4 is 0 Å². The molecule has 0 aliphatic heterocycles. The Balaban J connectivity index is 1.17. The highest BCUT2D eigenvalue weighted by Crippen LogP contribution is 2.46. The second-order valence-corrected chi connectivity index (χ2v) is 15.3. The number of fused-ring (bicyclic) bond motifs is 12. The average Bonchev–Trinajstić information content (AvgIpc) is 3.85. The Morgan fingerprint density at radius 2 is 1.00 bits per heavy atom. The lowest BCUT2D eigenvalue weighted by atomic mass is 9.98. The maximum absolute atomic E-state index is 2.47. The fraction of sp³-hybridized carbons (Fsp3) is 0. The lowest BCUT2D eigenvalue weighted by Gasteiger charge is -2.09. The van der Waals surface area contributed by atoms with Gasteiger partial charge in [0.2, 0.25) is 0 Å². The Hall–Kier alpha value is -5.00. The van der Waals surface area contributed by atoms with Gasteiger partial charge < -0.3 is 4.57 Å². The van der Waals surface area contributed by atoms with Gasteiger partial charge in [-0.1, -0.05) is 84.9 Å². The van der Waals surface area contributed by atoms with Crippen molar-refractivity contribution in [3.05, 3.63) is 140 Å². The van der Waals surface area contributed by atoms with Crippen molar-refractivity contribution in [2.24, 2.45) is 0 Å². The molecule has 0 amide bonds. The van der Waals surface area contributed by atoms with Crippen molar-refractivity contribution >= 4 is 116 Å². The van der Waals surface area contributed by atoms with Crippen LogP contribution in [0.25, 0.3) is 99.1 Å². The van der Waals surface area contributed by atoms with Gasteiger partial charge in [-0.05, 0) is 60.2 Å². The minimum absolute atomic E-state index is 1.20. The van der Waals surface area contributed by atoms with E-state index in [0.717, 1.165) is 0 Å². The highest BCUT2D eigenvalue weighted by molar-refractivity contribution is 7.27. The van der Waals surface area contributed by atoms with Crippen LogP contribution in [0, 0.1) is 0 Å². The molecule has 1 nitrogen and oxygen atoms in total. The second-order valence-electron chi connectivity index (χ2n) is 12.1. The van der Waals surface area contributed by atoms with Crippen LogP contribution >= 0.6 is 34.0 Å². The number of thiophene rings is 3. The molecule has 0 aliphatic carbocycles. The smallest absolute Gasteiger partial charge is 0.0555 e. The topological polar surface area (TPSA) is 4.93 Å². The van der Waals surface area contributed by atoms with Crippen molar-refractivity contribution < 1.29 is 0 Å². The molecule has 11 aromatic rings. The van der Waals surface area contributed by atoms with E-state index in [1.807, 2.05) is 34.0 Å². The SMILES string of the molecule is c1ccc2c(c1)sc1cc3c(cc12)c1ccccc1n3-c1ccc2sc3c(-c4cccc5sc6ccccc6c45)cccc3c2c1. The standard InChI is InChI=1S/C42H23NS3/c1-4-15-34-25(9-1)31-22-33-26-10-2-5-16-36(26)45-40(33)23-35(31)43(34)24-19-20-38-32(21-24)29-14-7-13-28(42(29)46-38)27-12-8-18-39-41(27)30-11-3-6-17-37(30)44-39/h1-23H. The summed E-state index contributed by atoms with van der Waals surface area (Å²) in [5, 5.41) is 10.6. The fourth-order valence-electron chi connectivity index (χ4n) is 7.60. The van der Waals surface area contributed by atoms with Gasteiger partial charge in [-0.25, -0.2) is 0 Å². The molecule has 0 unspecified atom stereocenters. The Bertz CT molecular complexity index is 3040. The van der Waals surface area contributed by atoms with Crippen molar-refractivity contribution in [2.75, 3.05) is 0 Å². The molecule has 0 N–H and O–H groups in total. The molecule has 0 saturated carbocycles. The molecule has 0 atom stereocenters. The van der Waals surface area contributed by atoms with E-state index in [1.54, 1.807) is 0 Å². The first-order valence-electron chi connectivity index (χ1n) is 15.5. The van der Waals surface area contributed by atoms with Gasteiger partial charge in [-0.15, -0.1) is 34.0 Å². The van der Waals surface area contributed by atoms with Crippen molar-refractivity contribution in [1.29, 1.82) is 0 Å². The van der Waals surface area contributed by atoms with Crippen LogP contribution in [0.5, 0.6) is 0 Å². The first kappa shape index (κ1) is 25.2. The summed E-state index contributed by atoms with van der Waals surface area (Å²) in [6, 6.07) is 52.0. The van der Waals surface area contributed by atoms with Crippen LogP contribution in [-0.2, 0) is 0 Å². The summed E-state index contributed by atoms with van der Waals surface area (Å²) in [6.45, 7) is 0. The van der Waals surface area contributed by atoms with Gasteiger partial charge in [0.1, 0.15) is 0 Å². The molecular formula is C42H23NS3. The lowest BCUT2D eigenvalue weighted by Crippen LogP contribution is -1.93. The minimum atomic E-state index is 1.20. The molecule has 7 aromatic carbocycles. The van der Waals surface area contributed by atoms with Gasteiger partial charge in [0.05, 0.1) is 11.0 Å². The molecule has 214 valence electrons. The van der Waals surface area contributed by atoms with Gasteiger partial charge >= 0.3 is 0 Å². The van der Waals surface area contributed by atoms with Gasteiger partial charge in [-0.3, -0.25) is 0 Å². The van der Waals surface area contributed by atoms with E-state index in [4.69, 9.17) is 0 Å². The molecule has 0 spiro atoms. The minimum Gasteiger partial charge on any atom is -0.309 e. The van der Waals surface area contributed by atoms with E-state index < -0.39 is 0 Å². The van der Waals surface area contributed by atoms with E-state index in [-0.39, 0.29) is 0 Å². The quantitative estimate of drug-likeness (QED) is 0.178. The first-order chi connectivity index (χ1) is 22.8. The average molecular weight is 638 g/mol. The molecule has 0 saturated heterocycles. The number of nitrogens with zero attached hydrogens (tertiary/aromatic N) is 1. The van der Waals surface area contributed by atoms with Crippen LogP contribution in [0.1, 0.15) is 0 Å². The summed E-state index contributed by atoms with van der Waals surface area (Å²) >= 11 is 5.69. The lowest BCUT2D eigenvalue weighted by molar-refractivity contribution is 1.19. The zero-order valence-corrected chi connectivity index (χ0v) is 26.9. The van der Waals surface area contributed by atoms with Crippen molar-refractivity contribution in [2.45, 2.75) is 0 Å². The van der Waals surface area contributed by atoms with Crippen molar-refractivity contribution in [3.8, 4) is 16.8 Å². The number of hydrogen-bond donors (Lipinski definition) is 0. The maximum atomic E-state index is 2.47. The van der Waals surface area contributed by atoms with E-state index in [2.05, 4.69) is 144 Å². The van der Waals surface area contributed by atoms with E-state index in [1.165, 1.54) is 99.1 Å². The Morgan fingerprint density at radius 1 is 0.348 bits per heavy atom. The predicted octanol–water partition coefficient (Wildman–Crippen LogP) is 13.6. The van der Waals surface area contributed by atoms with E-state index >= 15 is 0 Å².